The SMILES string of the molecule is O=C(O)c1ccc(C(=O)NCc2cccc(F)c2)s1. The Hall–Kier alpha value is -2.21. The van der Waals surface area contributed by atoms with E-state index in [4.69, 9.17) is 5.11 Å². The number of carboxylic acids is 1. The van der Waals surface area contributed by atoms with Crippen molar-refractivity contribution in [2.24, 2.45) is 0 Å². The van der Waals surface area contributed by atoms with Crippen molar-refractivity contribution in [3.8, 4) is 0 Å². The minimum Gasteiger partial charge on any atom is -0.477 e. The van der Waals surface area contributed by atoms with Gasteiger partial charge in [-0.15, -0.1) is 11.3 Å². The number of halogens is 1. The van der Waals surface area contributed by atoms with Crippen LogP contribution in [0, 0.1) is 5.82 Å². The van der Waals surface area contributed by atoms with Gasteiger partial charge in [-0.05, 0) is 29.8 Å². The molecule has 0 saturated heterocycles. The van der Waals surface area contributed by atoms with Crippen LogP contribution in [0.15, 0.2) is 36.4 Å². The van der Waals surface area contributed by atoms with Gasteiger partial charge >= 0.3 is 5.97 Å². The number of rotatable bonds is 4. The fourth-order valence-corrected chi connectivity index (χ4v) is 2.25. The standard InChI is InChI=1S/C13H10FNO3S/c14-9-3-1-2-8(6-9)7-15-12(16)10-4-5-11(19-10)13(17)18/h1-6H,7H2,(H,15,16)(H,17,18). The zero-order valence-electron chi connectivity index (χ0n) is 9.72. The molecule has 1 aromatic carbocycles. The van der Waals surface area contributed by atoms with E-state index in [1.807, 2.05) is 0 Å². The van der Waals surface area contributed by atoms with Crippen molar-refractivity contribution in [3.63, 3.8) is 0 Å². The number of benzene rings is 1. The van der Waals surface area contributed by atoms with Gasteiger partial charge in [-0.2, -0.15) is 0 Å². The lowest BCUT2D eigenvalue weighted by Crippen LogP contribution is -2.21. The lowest BCUT2D eigenvalue weighted by molar-refractivity contribution is 0.0702. The summed E-state index contributed by atoms with van der Waals surface area (Å²) in [7, 11) is 0. The maximum Gasteiger partial charge on any atom is 0.345 e. The van der Waals surface area contributed by atoms with Crippen LogP contribution in [0.1, 0.15) is 24.9 Å². The van der Waals surface area contributed by atoms with Crippen LogP contribution in [-0.4, -0.2) is 17.0 Å². The summed E-state index contributed by atoms with van der Waals surface area (Å²) >= 11 is 0.902. The first-order chi connectivity index (χ1) is 9.06. The largest absolute Gasteiger partial charge is 0.477 e. The first-order valence-electron chi connectivity index (χ1n) is 5.42. The van der Waals surface area contributed by atoms with Crippen molar-refractivity contribution < 1.29 is 19.1 Å². The molecule has 0 aliphatic carbocycles. The quantitative estimate of drug-likeness (QED) is 0.903. The van der Waals surface area contributed by atoms with Gasteiger partial charge < -0.3 is 10.4 Å². The zero-order chi connectivity index (χ0) is 13.8. The van der Waals surface area contributed by atoms with Gasteiger partial charge in [0, 0.05) is 6.54 Å². The Bertz CT molecular complexity index is 624. The Morgan fingerprint density at radius 3 is 2.58 bits per heavy atom. The normalized spacial score (nSPS) is 10.2. The molecular formula is C13H10FNO3S. The summed E-state index contributed by atoms with van der Waals surface area (Å²) in [5, 5.41) is 11.4. The molecule has 0 unspecified atom stereocenters. The summed E-state index contributed by atoms with van der Waals surface area (Å²) in [6, 6.07) is 8.74. The van der Waals surface area contributed by atoms with Crippen molar-refractivity contribution in [2.75, 3.05) is 0 Å². The van der Waals surface area contributed by atoms with Gasteiger partial charge in [0.2, 0.25) is 0 Å². The molecule has 0 aliphatic rings. The predicted octanol–water partition coefficient (Wildman–Crippen LogP) is 2.52. The number of hydrogen-bond donors (Lipinski definition) is 2. The molecule has 0 bridgehead atoms. The van der Waals surface area contributed by atoms with Crippen molar-refractivity contribution in [1.82, 2.24) is 5.32 Å². The van der Waals surface area contributed by atoms with E-state index in [-0.39, 0.29) is 23.1 Å². The van der Waals surface area contributed by atoms with E-state index >= 15 is 0 Å². The molecule has 1 amide bonds. The fourth-order valence-electron chi connectivity index (χ4n) is 1.49. The van der Waals surface area contributed by atoms with E-state index in [0.29, 0.717) is 10.4 Å². The lowest BCUT2D eigenvalue weighted by Gasteiger charge is -2.03. The van der Waals surface area contributed by atoms with E-state index in [2.05, 4.69) is 5.32 Å². The van der Waals surface area contributed by atoms with E-state index in [0.717, 1.165) is 11.3 Å². The van der Waals surface area contributed by atoms with Crippen LogP contribution >= 0.6 is 11.3 Å². The molecule has 6 heteroatoms. The molecule has 2 N–H and O–H groups in total. The minimum atomic E-state index is -1.06. The van der Waals surface area contributed by atoms with Gasteiger partial charge in [-0.3, -0.25) is 4.79 Å². The molecule has 1 heterocycles. The molecule has 98 valence electrons. The van der Waals surface area contributed by atoms with Crippen LogP contribution in [0.5, 0.6) is 0 Å². The van der Waals surface area contributed by atoms with Crippen LogP contribution in [0.25, 0.3) is 0 Å². The Labute approximate surface area is 112 Å². The summed E-state index contributed by atoms with van der Waals surface area (Å²) < 4.78 is 12.9. The molecule has 0 fully saturated rings. The third-order valence-corrected chi connectivity index (χ3v) is 3.45. The molecule has 0 spiro atoms. The van der Waals surface area contributed by atoms with Crippen molar-refractivity contribution in [2.45, 2.75) is 6.54 Å². The highest BCUT2D eigenvalue weighted by Gasteiger charge is 2.12. The summed E-state index contributed by atoms with van der Waals surface area (Å²) in [4.78, 5) is 22.9. The smallest absolute Gasteiger partial charge is 0.345 e. The summed E-state index contributed by atoms with van der Waals surface area (Å²) in [6.07, 6.45) is 0. The Morgan fingerprint density at radius 1 is 1.21 bits per heavy atom. The number of carbonyl (C=O) groups excluding carboxylic acids is 1. The van der Waals surface area contributed by atoms with Crippen LogP contribution < -0.4 is 5.32 Å². The summed E-state index contributed by atoms with van der Waals surface area (Å²) in [5.41, 5.74) is 0.642. The van der Waals surface area contributed by atoms with E-state index in [9.17, 15) is 14.0 Å². The minimum absolute atomic E-state index is 0.107. The highest BCUT2D eigenvalue weighted by Crippen LogP contribution is 2.16. The number of carboxylic acid groups (broad SMARTS) is 1. The van der Waals surface area contributed by atoms with Crippen LogP contribution in [0.3, 0.4) is 0 Å². The first kappa shape index (κ1) is 13.2. The van der Waals surface area contributed by atoms with Gasteiger partial charge in [-0.25, -0.2) is 9.18 Å². The fraction of sp³-hybridized carbons (Fsp3) is 0.0769. The number of carbonyl (C=O) groups is 2. The summed E-state index contributed by atoms with van der Waals surface area (Å²) in [5.74, 6) is -1.80. The van der Waals surface area contributed by atoms with E-state index in [1.54, 1.807) is 12.1 Å². The Kier molecular flexibility index (Phi) is 3.91. The number of hydrogen-bond acceptors (Lipinski definition) is 3. The van der Waals surface area contributed by atoms with Crippen molar-refractivity contribution in [3.05, 3.63) is 57.5 Å². The van der Waals surface area contributed by atoms with Gasteiger partial charge in [0.1, 0.15) is 10.7 Å². The highest BCUT2D eigenvalue weighted by atomic mass is 32.1. The molecule has 1 aromatic heterocycles. The number of nitrogens with one attached hydrogen (secondary N) is 1. The molecular weight excluding hydrogens is 269 g/mol. The molecule has 2 aromatic rings. The highest BCUT2D eigenvalue weighted by molar-refractivity contribution is 7.15. The maximum atomic E-state index is 12.9. The second kappa shape index (κ2) is 5.62. The molecule has 0 saturated carbocycles. The molecule has 19 heavy (non-hydrogen) atoms. The topological polar surface area (TPSA) is 66.4 Å². The van der Waals surface area contributed by atoms with Gasteiger partial charge in [0.15, 0.2) is 0 Å². The number of thiophene rings is 1. The molecule has 4 nitrogen and oxygen atoms in total. The lowest BCUT2D eigenvalue weighted by atomic mass is 10.2. The number of aromatic carboxylic acids is 1. The average Bonchev–Trinajstić information content (AvgIpc) is 2.86. The number of amides is 1. The van der Waals surface area contributed by atoms with Crippen molar-refractivity contribution >= 4 is 23.2 Å². The molecule has 0 radical (unpaired) electrons. The third-order valence-electron chi connectivity index (χ3n) is 2.38. The monoisotopic (exact) mass is 279 g/mol. The van der Waals surface area contributed by atoms with Gasteiger partial charge in [-0.1, -0.05) is 12.1 Å². The van der Waals surface area contributed by atoms with E-state index in [1.165, 1.54) is 24.3 Å². The Morgan fingerprint density at radius 2 is 1.95 bits per heavy atom. The zero-order valence-corrected chi connectivity index (χ0v) is 10.5. The van der Waals surface area contributed by atoms with Gasteiger partial charge in [0.05, 0.1) is 4.88 Å². The first-order valence-corrected chi connectivity index (χ1v) is 6.23. The van der Waals surface area contributed by atoms with Crippen molar-refractivity contribution in [1.29, 1.82) is 0 Å². The van der Waals surface area contributed by atoms with Crippen LogP contribution in [0.2, 0.25) is 0 Å². The van der Waals surface area contributed by atoms with Crippen LogP contribution in [-0.2, 0) is 6.54 Å². The molecule has 2 rings (SSSR count). The second-order valence-corrected chi connectivity index (χ2v) is 4.87. The predicted molar refractivity (Wildman–Crippen MR) is 68.8 cm³/mol. The van der Waals surface area contributed by atoms with Crippen LogP contribution in [0.4, 0.5) is 4.39 Å². The third kappa shape index (κ3) is 3.38. The Balaban J connectivity index is 1.99. The molecule has 0 aliphatic heterocycles. The van der Waals surface area contributed by atoms with E-state index < -0.39 is 5.97 Å². The maximum absolute atomic E-state index is 12.9. The second-order valence-electron chi connectivity index (χ2n) is 3.78. The average molecular weight is 279 g/mol. The summed E-state index contributed by atoms with van der Waals surface area (Å²) in [6.45, 7) is 0.191. The molecule has 0 atom stereocenters. The van der Waals surface area contributed by atoms with Gasteiger partial charge in [0.25, 0.3) is 5.91 Å².